The SMILES string of the molecule is C=CCOc1c(C)cc(C)cc1[Si](C)(C)C1c2cc(-c3ccc(C(C)(C)C)cc3)ccc2-c2ccc(-c3ccc(C(C)(C)C)cc3)cc21. The maximum absolute atomic E-state index is 6.47. The van der Waals surface area contributed by atoms with Gasteiger partial charge in [0.25, 0.3) is 0 Å². The summed E-state index contributed by atoms with van der Waals surface area (Å²) in [4.78, 5) is 0. The fraction of sp³-hybridized carbons (Fsp3) is 0.304. The Kier molecular flexibility index (Phi) is 8.71. The Labute approximate surface area is 290 Å². The smallest absolute Gasteiger partial charge is 0.121 e. The lowest BCUT2D eigenvalue weighted by Gasteiger charge is -2.34. The second kappa shape index (κ2) is 12.4. The molecule has 0 saturated carbocycles. The molecule has 48 heavy (non-hydrogen) atoms. The van der Waals surface area contributed by atoms with Crippen molar-refractivity contribution in [3.63, 3.8) is 0 Å². The predicted molar refractivity (Wildman–Crippen MR) is 211 cm³/mol. The van der Waals surface area contributed by atoms with Crippen molar-refractivity contribution in [3.8, 4) is 39.1 Å². The van der Waals surface area contributed by atoms with Crippen molar-refractivity contribution in [2.24, 2.45) is 0 Å². The molecule has 2 heteroatoms. The van der Waals surface area contributed by atoms with Gasteiger partial charge < -0.3 is 4.74 Å². The maximum atomic E-state index is 6.47. The highest BCUT2D eigenvalue weighted by molar-refractivity contribution is 6.92. The van der Waals surface area contributed by atoms with E-state index in [1.807, 2.05) is 6.08 Å². The van der Waals surface area contributed by atoms with Crippen LogP contribution in [0.25, 0.3) is 33.4 Å². The van der Waals surface area contributed by atoms with Crippen molar-refractivity contribution < 1.29 is 4.74 Å². The molecule has 0 bridgehead atoms. The van der Waals surface area contributed by atoms with Crippen LogP contribution >= 0.6 is 0 Å². The molecule has 1 nitrogen and oxygen atoms in total. The standard InChI is InChI=1S/C46H52OSi/c1-12-25-47-43-31(3)26-30(2)27-42(43)48(10,11)44-40-28-34(32-13-19-36(20-14-32)45(4,5)6)17-23-38(40)39-24-18-35(29-41(39)44)33-15-21-37(22-16-33)46(7,8)9/h12-24,26-29,44H,1,25H2,2-11H3. The lowest BCUT2D eigenvalue weighted by molar-refractivity contribution is 0.363. The van der Waals surface area contributed by atoms with Gasteiger partial charge in [0.1, 0.15) is 12.4 Å². The summed E-state index contributed by atoms with van der Waals surface area (Å²) in [6.45, 7) is 27.6. The molecule has 0 heterocycles. The Morgan fingerprint density at radius 3 is 1.48 bits per heavy atom. The quantitative estimate of drug-likeness (QED) is 0.126. The zero-order valence-corrected chi connectivity index (χ0v) is 31.7. The first-order valence-electron chi connectivity index (χ1n) is 17.4. The van der Waals surface area contributed by atoms with E-state index >= 15 is 0 Å². The normalized spacial score (nSPS) is 13.3. The first-order chi connectivity index (χ1) is 22.6. The highest BCUT2D eigenvalue weighted by atomic mass is 28.3. The molecule has 0 spiro atoms. The minimum Gasteiger partial charge on any atom is -0.489 e. The van der Waals surface area contributed by atoms with Crippen LogP contribution in [0, 0.1) is 13.8 Å². The van der Waals surface area contributed by atoms with E-state index in [0.717, 1.165) is 5.75 Å². The average Bonchev–Trinajstić information content (AvgIpc) is 3.37. The molecule has 0 atom stereocenters. The molecule has 0 aliphatic heterocycles. The van der Waals surface area contributed by atoms with Crippen LogP contribution in [0.5, 0.6) is 5.75 Å². The Morgan fingerprint density at radius 1 is 0.625 bits per heavy atom. The van der Waals surface area contributed by atoms with Crippen LogP contribution in [0.15, 0.2) is 110 Å². The molecule has 0 amide bonds. The number of aryl methyl sites for hydroxylation is 2. The van der Waals surface area contributed by atoms with E-state index in [0.29, 0.717) is 6.61 Å². The van der Waals surface area contributed by atoms with Gasteiger partial charge in [-0.25, -0.2) is 0 Å². The van der Waals surface area contributed by atoms with Crippen LogP contribution in [0.4, 0.5) is 0 Å². The third-order valence-corrected chi connectivity index (χ3v) is 14.2. The fourth-order valence-corrected chi connectivity index (χ4v) is 11.4. The Balaban J connectivity index is 1.54. The number of hydrogen-bond acceptors (Lipinski definition) is 1. The van der Waals surface area contributed by atoms with Crippen LogP contribution in [-0.4, -0.2) is 14.7 Å². The predicted octanol–water partition coefficient (Wildman–Crippen LogP) is 12.1. The molecule has 0 unspecified atom stereocenters. The third kappa shape index (κ3) is 6.24. The molecule has 0 fully saturated rings. The van der Waals surface area contributed by atoms with Crippen molar-refractivity contribution in [2.45, 2.75) is 84.9 Å². The van der Waals surface area contributed by atoms with Gasteiger partial charge in [0.05, 0.1) is 8.07 Å². The van der Waals surface area contributed by atoms with E-state index in [1.165, 1.54) is 71.9 Å². The highest BCUT2D eigenvalue weighted by Gasteiger charge is 2.44. The molecule has 5 aromatic rings. The Bertz CT molecular complexity index is 1870. The van der Waals surface area contributed by atoms with Gasteiger partial charge in [0.2, 0.25) is 0 Å². The van der Waals surface area contributed by atoms with Gasteiger partial charge in [-0.1, -0.05) is 170 Å². The molecule has 5 aromatic carbocycles. The number of rotatable bonds is 7. The van der Waals surface area contributed by atoms with E-state index < -0.39 is 8.07 Å². The number of ether oxygens (including phenoxy) is 1. The van der Waals surface area contributed by atoms with Crippen molar-refractivity contribution in [2.75, 3.05) is 6.61 Å². The highest BCUT2D eigenvalue weighted by Crippen LogP contribution is 2.51. The van der Waals surface area contributed by atoms with Crippen LogP contribution in [-0.2, 0) is 10.8 Å². The largest absolute Gasteiger partial charge is 0.489 e. The Morgan fingerprint density at radius 2 is 1.06 bits per heavy atom. The van der Waals surface area contributed by atoms with Crippen molar-refractivity contribution in [3.05, 3.63) is 143 Å². The summed E-state index contributed by atoms with van der Waals surface area (Å²) >= 11 is 0. The van der Waals surface area contributed by atoms with Crippen LogP contribution in [0.2, 0.25) is 13.1 Å². The molecular formula is C46H52OSi. The second-order valence-corrected chi connectivity index (χ2v) is 21.0. The summed E-state index contributed by atoms with van der Waals surface area (Å²) in [5, 5.41) is 1.38. The molecule has 0 aromatic heterocycles. The zero-order valence-electron chi connectivity index (χ0n) is 30.7. The van der Waals surface area contributed by atoms with Crippen molar-refractivity contribution >= 4 is 13.3 Å². The van der Waals surface area contributed by atoms with Crippen LogP contribution in [0.3, 0.4) is 0 Å². The third-order valence-electron chi connectivity index (χ3n) is 10.4. The lowest BCUT2D eigenvalue weighted by Crippen LogP contribution is -2.48. The molecular weight excluding hydrogens is 597 g/mol. The number of hydrogen-bond donors (Lipinski definition) is 0. The lowest BCUT2D eigenvalue weighted by atomic mass is 9.86. The van der Waals surface area contributed by atoms with Gasteiger partial charge >= 0.3 is 0 Å². The van der Waals surface area contributed by atoms with Gasteiger partial charge in [0, 0.05) is 5.54 Å². The summed E-state index contributed by atoms with van der Waals surface area (Å²) in [6, 6.07) is 37.4. The van der Waals surface area contributed by atoms with E-state index in [2.05, 4.69) is 172 Å². The molecule has 1 aliphatic rings. The summed E-state index contributed by atoms with van der Waals surface area (Å²) in [5.74, 6) is 1.04. The minimum atomic E-state index is -2.28. The molecule has 0 saturated heterocycles. The molecule has 246 valence electrons. The second-order valence-electron chi connectivity index (χ2n) is 16.5. The van der Waals surface area contributed by atoms with E-state index in [4.69, 9.17) is 4.74 Å². The van der Waals surface area contributed by atoms with E-state index in [-0.39, 0.29) is 16.4 Å². The van der Waals surface area contributed by atoms with Gasteiger partial charge in [0.15, 0.2) is 0 Å². The minimum absolute atomic E-state index is 0.126. The first-order valence-corrected chi connectivity index (χ1v) is 20.5. The number of benzene rings is 5. The van der Waals surface area contributed by atoms with Crippen molar-refractivity contribution in [1.29, 1.82) is 0 Å². The first kappa shape index (κ1) is 33.7. The average molecular weight is 649 g/mol. The summed E-state index contributed by atoms with van der Waals surface area (Å²) in [5.41, 5.74) is 16.4. The monoisotopic (exact) mass is 648 g/mol. The van der Waals surface area contributed by atoms with E-state index in [9.17, 15) is 0 Å². The molecule has 0 N–H and O–H groups in total. The summed E-state index contributed by atoms with van der Waals surface area (Å²) in [7, 11) is -2.28. The Hall–Kier alpha value is -4.14. The van der Waals surface area contributed by atoms with Crippen LogP contribution in [0.1, 0.15) is 80.5 Å². The molecule has 0 radical (unpaired) electrons. The topological polar surface area (TPSA) is 9.23 Å². The van der Waals surface area contributed by atoms with Crippen molar-refractivity contribution in [1.82, 2.24) is 0 Å². The van der Waals surface area contributed by atoms with Crippen LogP contribution < -0.4 is 9.92 Å². The summed E-state index contributed by atoms with van der Waals surface area (Å²) in [6.07, 6.45) is 1.85. The summed E-state index contributed by atoms with van der Waals surface area (Å²) < 4.78 is 6.47. The zero-order chi connectivity index (χ0) is 34.6. The molecule has 1 aliphatic carbocycles. The van der Waals surface area contributed by atoms with E-state index in [1.54, 1.807) is 0 Å². The maximum Gasteiger partial charge on any atom is 0.121 e. The fourth-order valence-electron chi connectivity index (χ4n) is 7.65. The van der Waals surface area contributed by atoms with Gasteiger partial charge in [-0.2, -0.15) is 0 Å². The molecule has 6 rings (SSSR count). The number of fused-ring (bicyclic) bond motifs is 3. The van der Waals surface area contributed by atoms with Gasteiger partial charge in [-0.3, -0.25) is 0 Å². The van der Waals surface area contributed by atoms with Gasteiger partial charge in [-0.05, 0) is 91.1 Å². The van der Waals surface area contributed by atoms with Gasteiger partial charge in [-0.15, -0.1) is 0 Å².